The van der Waals surface area contributed by atoms with Crippen molar-refractivity contribution in [3.8, 4) is 0 Å². The van der Waals surface area contributed by atoms with Crippen molar-refractivity contribution >= 4 is 5.78 Å². The molecular formula is C12H18O. The highest BCUT2D eigenvalue weighted by molar-refractivity contribution is 5.81. The molecule has 1 unspecified atom stereocenters. The van der Waals surface area contributed by atoms with Gasteiger partial charge in [-0.25, -0.2) is 0 Å². The molecule has 0 radical (unpaired) electrons. The highest BCUT2D eigenvalue weighted by atomic mass is 16.1. The molecular weight excluding hydrogens is 160 g/mol. The van der Waals surface area contributed by atoms with Crippen molar-refractivity contribution in [3.05, 3.63) is 12.2 Å². The Morgan fingerprint density at radius 2 is 2.08 bits per heavy atom. The highest BCUT2D eigenvalue weighted by Crippen LogP contribution is 2.40. The van der Waals surface area contributed by atoms with E-state index in [4.69, 9.17) is 0 Å². The first-order chi connectivity index (χ1) is 6.16. The predicted molar refractivity (Wildman–Crippen MR) is 53.3 cm³/mol. The van der Waals surface area contributed by atoms with Crippen molar-refractivity contribution < 1.29 is 4.79 Å². The fourth-order valence-corrected chi connectivity index (χ4v) is 2.65. The predicted octanol–water partition coefficient (Wildman–Crippen LogP) is 2.81. The molecule has 1 fully saturated rings. The standard InChI is InChI=1S/C12H18O/c1-8(2)9-3-4-10-6-12(13)7-11(10)5-9/h3-4,8-11H,5-7H2,1-2H3/t9?,10-,11+/m1/s1. The van der Waals surface area contributed by atoms with Gasteiger partial charge >= 0.3 is 0 Å². The van der Waals surface area contributed by atoms with Crippen LogP contribution in [0.25, 0.3) is 0 Å². The summed E-state index contributed by atoms with van der Waals surface area (Å²) >= 11 is 0. The molecule has 0 heterocycles. The van der Waals surface area contributed by atoms with E-state index in [2.05, 4.69) is 26.0 Å². The average Bonchev–Trinajstić information content (AvgIpc) is 2.42. The van der Waals surface area contributed by atoms with Gasteiger partial charge in [-0.3, -0.25) is 4.79 Å². The molecule has 0 aromatic carbocycles. The van der Waals surface area contributed by atoms with Gasteiger partial charge in [0, 0.05) is 12.8 Å². The van der Waals surface area contributed by atoms with Crippen LogP contribution in [0.15, 0.2) is 12.2 Å². The fourth-order valence-electron chi connectivity index (χ4n) is 2.65. The van der Waals surface area contributed by atoms with Crippen LogP contribution in [0.5, 0.6) is 0 Å². The SMILES string of the molecule is CC(C)C1C=C[C@@H]2CC(=O)C[C@@H]2C1. The van der Waals surface area contributed by atoms with Crippen LogP contribution in [0.4, 0.5) is 0 Å². The monoisotopic (exact) mass is 178 g/mol. The molecule has 0 spiro atoms. The number of carbonyl (C=O) groups excluding carboxylic acids is 1. The molecule has 1 heteroatoms. The van der Waals surface area contributed by atoms with Crippen LogP contribution in [0, 0.1) is 23.7 Å². The zero-order valence-electron chi connectivity index (χ0n) is 8.49. The normalized spacial score (nSPS) is 38.4. The minimum absolute atomic E-state index is 0.476. The van der Waals surface area contributed by atoms with E-state index in [1.807, 2.05) is 0 Å². The van der Waals surface area contributed by atoms with E-state index in [1.165, 1.54) is 6.42 Å². The Bertz CT molecular complexity index is 240. The van der Waals surface area contributed by atoms with E-state index in [1.54, 1.807) is 0 Å². The lowest BCUT2D eigenvalue weighted by atomic mass is 9.77. The number of allylic oxidation sites excluding steroid dienone is 2. The summed E-state index contributed by atoms with van der Waals surface area (Å²) in [5.41, 5.74) is 0. The summed E-state index contributed by atoms with van der Waals surface area (Å²) in [6.45, 7) is 4.54. The molecule has 0 aliphatic heterocycles. The third-order valence-electron chi connectivity index (χ3n) is 3.60. The van der Waals surface area contributed by atoms with Gasteiger partial charge in [0.05, 0.1) is 0 Å². The van der Waals surface area contributed by atoms with Crippen molar-refractivity contribution in [3.63, 3.8) is 0 Å². The zero-order valence-corrected chi connectivity index (χ0v) is 8.49. The molecule has 2 rings (SSSR count). The zero-order chi connectivity index (χ0) is 9.42. The minimum atomic E-state index is 0.476. The van der Waals surface area contributed by atoms with Gasteiger partial charge in [-0.15, -0.1) is 0 Å². The van der Waals surface area contributed by atoms with E-state index >= 15 is 0 Å². The van der Waals surface area contributed by atoms with Crippen LogP contribution in [0.1, 0.15) is 33.1 Å². The van der Waals surface area contributed by atoms with Gasteiger partial charge in [0.2, 0.25) is 0 Å². The number of carbonyl (C=O) groups is 1. The van der Waals surface area contributed by atoms with Crippen LogP contribution in [-0.2, 0) is 4.79 Å². The number of ketones is 1. The van der Waals surface area contributed by atoms with Crippen LogP contribution >= 0.6 is 0 Å². The fraction of sp³-hybridized carbons (Fsp3) is 0.750. The molecule has 0 N–H and O–H groups in total. The second-order valence-corrected chi connectivity index (χ2v) is 4.90. The Hall–Kier alpha value is -0.590. The minimum Gasteiger partial charge on any atom is -0.300 e. The molecule has 1 saturated carbocycles. The molecule has 13 heavy (non-hydrogen) atoms. The quantitative estimate of drug-likeness (QED) is 0.564. The van der Waals surface area contributed by atoms with Gasteiger partial charge in [0.1, 0.15) is 5.78 Å². The van der Waals surface area contributed by atoms with E-state index in [9.17, 15) is 4.79 Å². The van der Waals surface area contributed by atoms with Crippen LogP contribution in [0.2, 0.25) is 0 Å². The summed E-state index contributed by atoms with van der Waals surface area (Å²) in [7, 11) is 0. The van der Waals surface area contributed by atoms with Gasteiger partial charge in [-0.05, 0) is 30.1 Å². The van der Waals surface area contributed by atoms with Crippen molar-refractivity contribution in [2.75, 3.05) is 0 Å². The molecule has 0 aromatic heterocycles. The Morgan fingerprint density at radius 1 is 1.31 bits per heavy atom. The summed E-state index contributed by atoms with van der Waals surface area (Å²) in [4.78, 5) is 11.3. The van der Waals surface area contributed by atoms with Gasteiger partial charge in [0.15, 0.2) is 0 Å². The van der Waals surface area contributed by atoms with Crippen LogP contribution in [0.3, 0.4) is 0 Å². The molecule has 2 aliphatic rings. The Morgan fingerprint density at radius 3 is 2.77 bits per heavy atom. The molecule has 3 atom stereocenters. The topological polar surface area (TPSA) is 17.1 Å². The second kappa shape index (κ2) is 3.28. The lowest BCUT2D eigenvalue weighted by molar-refractivity contribution is -0.117. The molecule has 0 saturated heterocycles. The average molecular weight is 178 g/mol. The number of rotatable bonds is 1. The van der Waals surface area contributed by atoms with Gasteiger partial charge in [0.25, 0.3) is 0 Å². The first-order valence-electron chi connectivity index (χ1n) is 5.37. The molecule has 2 aliphatic carbocycles. The lowest BCUT2D eigenvalue weighted by Crippen LogP contribution is -2.19. The maximum atomic E-state index is 11.3. The van der Waals surface area contributed by atoms with E-state index in [-0.39, 0.29) is 0 Å². The van der Waals surface area contributed by atoms with E-state index in [0.717, 1.165) is 18.8 Å². The molecule has 1 nitrogen and oxygen atoms in total. The first kappa shape index (κ1) is 8.98. The molecule has 0 bridgehead atoms. The summed E-state index contributed by atoms with van der Waals surface area (Å²) < 4.78 is 0. The summed E-state index contributed by atoms with van der Waals surface area (Å²) in [5, 5.41) is 0. The third-order valence-corrected chi connectivity index (χ3v) is 3.60. The third kappa shape index (κ3) is 1.70. The van der Waals surface area contributed by atoms with Crippen molar-refractivity contribution in [2.45, 2.75) is 33.1 Å². The van der Waals surface area contributed by atoms with Crippen molar-refractivity contribution in [2.24, 2.45) is 23.7 Å². The summed E-state index contributed by atoms with van der Waals surface area (Å²) in [6, 6.07) is 0. The Balaban J connectivity index is 2.07. The maximum absolute atomic E-state index is 11.3. The van der Waals surface area contributed by atoms with E-state index < -0.39 is 0 Å². The van der Waals surface area contributed by atoms with Gasteiger partial charge in [-0.2, -0.15) is 0 Å². The molecule has 72 valence electrons. The largest absolute Gasteiger partial charge is 0.300 e. The van der Waals surface area contributed by atoms with Crippen molar-refractivity contribution in [1.29, 1.82) is 0 Å². The second-order valence-electron chi connectivity index (χ2n) is 4.90. The summed E-state index contributed by atoms with van der Waals surface area (Å²) in [6.07, 6.45) is 7.53. The van der Waals surface area contributed by atoms with Gasteiger partial charge in [-0.1, -0.05) is 26.0 Å². The van der Waals surface area contributed by atoms with E-state index in [0.29, 0.717) is 23.5 Å². The van der Waals surface area contributed by atoms with Crippen molar-refractivity contribution in [1.82, 2.24) is 0 Å². The number of hydrogen-bond donors (Lipinski definition) is 0. The summed E-state index contributed by atoms with van der Waals surface area (Å²) in [5.74, 6) is 3.18. The number of fused-ring (bicyclic) bond motifs is 1. The lowest BCUT2D eigenvalue weighted by Gasteiger charge is -2.28. The van der Waals surface area contributed by atoms with Crippen LogP contribution < -0.4 is 0 Å². The number of hydrogen-bond acceptors (Lipinski definition) is 1. The molecule has 0 amide bonds. The first-order valence-corrected chi connectivity index (χ1v) is 5.37. The maximum Gasteiger partial charge on any atom is 0.133 e. The smallest absolute Gasteiger partial charge is 0.133 e. The highest BCUT2D eigenvalue weighted by Gasteiger charge is 2.35. The Labute approximate surface area is 80.2 Å². The Kier molecular flexibility index (Phi) is 2.27. The van der Waals surface area contributed by atoms with Crippen LogP contribution in [-0.4, -0.2) is 5.78 Å². The molecule has 0 aromatic rings. The number of Topliss-reactive ketones (excluding diaryl/α,β-unsaturated/α-hetero) is 1. The van der Waals surface area contributed by atoms with Gasteiger partial charge < -0.3 is 0 Å².